The normalized spacial score (nSPS) is 14.4. The highest BCUT2D eigenvalue weighted by Crippen LogP contribution is 2.24. The van der Waals surface area contributed by atoms with Crippen LogP contribution in [0.1, 0.15) is 24.1 Å². The highest BCUT2D eigenvalue weighted by molar-refractivity contribution is 5.72. The predicted octanol–water partition coefficient (Wildman–Crippen LogP) is 3.57. The number of nitriles is 1. The van der Waals surface area contributed by atoms with Crippen LogP contribution in [0.3, 0.4) is 0 Å². The molecule has 7 heteroatoms. The Kier molecular flexibility index (Phi) is 5.52. The lowest BCUT2D eigenvalue weighted by atomic mass is 9.97. The Morgan fingerprint density at radius 3 is 2.69 bits per heavy atom. The molecule has 0 unspecified atom stereocenters. The summed E-state index contributed by atoms with van der Waals surface area (Å²) in [4.78, 5) is 23.2. The maximum atomic E-state index is 12.4. The van der Waals surface area contributed by atoms with Crippen molar-refractivity contribution in [1.82, 2.24) is 9.97 Å². The minimum absolute atomic E-state index is 0.104. The van der Waals surface area contributed by atoms with Gasteiger partial charge in [-0.15, -0.1) is 0 Å². The van der Waals surface area contributed by atoms with Crippen molar-refractivity contribution in [3.63, 3.8) is 0 Å². The molecule has 1 saturated heterocycles. The van der Waals surface area contributed by atoms with Crippen LogP contribution >= 0.6 is 0 Å². The van der Waals surface area contributed by atoms with Crippen LogP contribution in [0.15, 0.2) is 59.3 Å². The van der Waals surface area contributed by atoms with Gasteiger partial charge < -0.3 is 14.1 Å². The zero-order valence-corrected chi connectivity index (χ0v) is 15.8. The standard InChI is InChI=1S/C22H20N4O3/c23-12-16-6-7-20(24-13-16)26-10-8-18(9-11-26)22(27)29-15-19-14-28-21(25-19)17-4-2-1-3-5-17/h1-7,13-14,18H,8-11,15H2. The van der Waals surface area contributed by atoms with Crippen LogP contribution in [0, 0.1) is 17.2 Å². The lowest BCUT2D eigenvalue weighted by Gasteiger charge is -2.31. The number of esters is 1. The van der Waals surface area contributed by atoms with E-state index in [0.29, 0.717) is 30.0 Å². The second kappa shape index (κ2) is 8.57. The molecule has 4 rings (SSSR count). The van der Waals surface area contributed by atoms with Gasteiger partial charge in [0, 0.05) is 24.8 Å². The van der Waals surface area contributed by atoms with E-state index in [4.69, 9.17) is 14.4 Å². The van der Waals surface area contributed by atoms with E-state index < -0.39 is 0 Å². The third kappa shape index (κ3) is 4.43. The fourth-order valence-electron chi connectivity index (χ4n) is 3.33. The lowest BCUT2D eigenvalue weighted by Crippen LogP contribution is -2.37. The number of hydrogen-bond donors (Lipinski definition) is 0. The van der Waals surface area contributed by atoms with E-state index >= 15 is 0 Å². The average molecular weight is 388 g/mol. The molecule has 2 aromatic heterocycles. The van der Waals surface area contributed by atoms with E-state index in [9.17, 15) is 4.79 Å². The second-order valence-corrected chi connectivity index (χ2v) is 6.90. The maximum Gasteiger partial charge on any atom is 0.309 e. The van der Waals surface area contributed by atoms with Crippen molar-refractivity contribution in [2.75, 3.05) is 18.0 Å². The van der Waals surface area contributed by atoms with Gasteiger partial charge >= 0.3 is 5.97 Å². The third-order valence-corrected chi connectivity index (χ3v) is 4.96. The molecule has 0 aliphatic carbocycles. The highest BCUT2D eigenvalue weighted by Gasteiger charge is 2.27. The zero-order chi connectivity index (χ0) is 20.1. The van der Waals surface area contributed by atoms with Gasteiger partial charge in [0.05, 0.1) is 11.5 Å². The fourth-order valence-corrected chi connectivity index (χ4v) is 3.33. The first-order chi connectivity index (χ1) is 14.2. The first-order valence-corrected chi connectivity index (χ1v) is 9.50. The SMILES string of the molecule is N#Cc1ccc(N2CCC(C(=O)OCc3coc(-c4ccccc4)n3)CC2)nc1. The van der Waals surface area contributed by atoms with E-state index in [-0.39, 0.29) is 18.5 Å². The molecule has 1 fully saturated rings. The maximum absolute atomic E-state index is 12.4. The van der Waals surface area contributed by atoms with Crippen LogP contribution in [-0.2, 0) is 16.1 Å². The summed E-state index contributed by atoms with van der Waals surface area (Å²) in [7, 11) is 0. The van der Waals surface area contributed by atoms with Crippen LogP contribution < -0.4 is 4.90 Å². The number of carbonyl (C=O) groups is 1. The van der Waals surface area contributed by atoms with Gasteiger partial charge in [0.15, 0.2) is 0 Å². The Bertz CT molecular complexity index is 1000. The van der Waals surface area contributed by atoms with Gasteiger partial charge in [-0.2, -0.15) is 5.26 Å². The van der Waals surface area contributed by atoms with Crippen molar-refractivity contribution < 1.29 is 13.9 Å². The summed E-state index contributed by atoms with van der Waals surface area (Å²) in [5.74, 6) is 0.999. The molecule has 29 heavy (non-hydrogen) atoms. The Hall–Kier alpha value is -3.66. The summed E-state index contributed by atoms with van der Waals surface area (Å²) < 4.78 is 10.9. The number of anilines is 1. The van der Waals surface area contributed by atoms with Crippen molar-refractivity contribution in [1.29, 1.82) is 5.26 Å². The molecule has 1 aromatic carbocycles. The van der Waals surface area contributed by atoms with Crippen LogP contribution in [0.5, 0.6) is 0 Å². The molecule has 1 aliphatic rings. The summed E-state index contributed by atoms with van der Waals surface area (Å²) in [5.41, 5.74) is 2.01. The number of rotatable bonds is 5. The Balaban J connectivity index is 1.27. The van der Waals surface area contributed by atoms with E-state index in [1.54, 1.807) is 12.3 Å². The van der Waals surface area contributed by atoms with Crippen LogP contribution in [0.4, 0.5) is 5.82 Å². The molecule has 0 atom stereocenters. The molecule has 3 heterocycles. The van der Waals surface area contributed by atoms with Gasteiger partial charge in [0.2, 0.25) is 5.89 Å². The van der Waals surface area contributed by atoms with Crippen LogP contribution in [0.2, 0.25) is 0 Å². The van der Waals surface area contributed by atoms with Crippen molar-refractivity contribution in [3.05, 3.63) is 66.2 Å². The molecular formula is C22H20N4O3. The number of benzene rings is 1. The molecule has 0 radical (unpaired) electrons. The predicted molar refractivity (Wildman–Crippen MR) is 106 cm³/mol. The molecule has 7 nitrogen and oxygen atoms in total. The lowest BCUT2D eigenvalue weighted by molar-refractivity contribution is -0.150. The van der Waals surface area contributed by atoms with Gasteiger partial charge in [-0.3, -0.25) is 4.79 Å². The first kappa shape index (κ1) is 18.7. The topological polar surface area (TPSA) is 92.2 Å². The number of hydrogen-bond acceptors (Lipinski definition) is 7. The number of ether oxygens (including phenoxy) is 1. The van der Waals surface area contributed by atoms with Crippen molar-refractivity contribution in [2.24, 2.45) is 5.92 Å². The number of pyridine rings is 1. The van der Waals surface area contributed by atoms with Crippen molar-refractivity contribution in [3.8, 4) is 17.5 Å². The van der Waals surface area contributed by atoms with Gasteiger partial charge in [-0.05, 0) is 37.1 Å². The summed E-state index contributed by atoms with van der Waals surface area (Å²) in [6, 6.07) is 15.2. The number of carbonyl (C=O) groups excluding carboxylic acids is 1. The number of oxazole rings is 1. The van der Waals surface area contributed by atoms with Gasteiger partial charge in [-0.25, -0.2) is 9.97 Å². The molecule has 0 spiro atoms. The van der Waals surface area contributed by atoms with Crippen LogP contribution in [-0.4, -0.2) is 29.0 Å². The van der Waals surface area contributed by atoms with Gasteiger partial charge in [0.1, 0.15) is 30.5 Å². The molecule has 146 valence electrons. The Morgan fingerprint density at radius 2 is 2.00 bits per heavy atom. The largest absolute Gasteiger partial charge is 0.459 e. The quantitative estimate of drug-likeness (QED) is 0.617. The second-order valence-electron chi connectivity index (χ2n) is 6.90. The molecule has 0 bridgehead atoms. The van der Waals surface area contributed by atoms with Crippen LogP contribution in [0.25, 0.3) is 11.5 Å². The minimum atomic E-state index is -0.207. The Morgan fingerprint density at radius 1 is 1.21 bits per heavy atom. The monoisotopic (exact) mass is 388 g/mol. The number of piperidine rings is 1. The third-order valence-electron chi connectivity index (χ3n) is 4.96. The summed E-state index contributed by atoms with van der Waals surface area (Å²) >= 11 is 0. The highest BCUT2D eigenvalue weighted by atomic mass is 16.5. The van der Waals surface area contributed by atoms with E-state index in [1.807, 2.05) is 36.4 Å². The van der Waals surface area contributed by atoms with Crippen molar-refractivity contribution >= 4 is 11.8 Å². The molecule has 0 amide bonds. The molecule has 3 aromatic rings. The molecule has 0 saturated carbocycles. The summed E-state index contributed by atoms with van der Waals surface area (Å²) in [6.07, 6.45) is 4.50. The Labute approximate surface area is 168 Å². The fraction of sp³-hybridized carbons (Fsp3) is 0.273. The minimum Gasteiger partial charge on any atom is -0.459 e. The molecule has 1 aliphatic heterocycles. The average Bonchev–Trinajstić information content (AvgIpc) is 3.27. The van der Waals surface area contributed by atoms with E-state index in [0.717, 1.165) is 24.5 Å². The van der Waals surface area contributed by atoms with E-state index in [2.05, 4.69) is 20.9 Å². The summed E-state index contributed by atoms with van der Waals surface area (Å²) in [6.45, 7) is 1.55. The van der Waals surface area contributed by atoms with Crippen molar-refractivity contribution in [2.45, 2.75) is 19.4 Å². The van der Waals surface area contributed by atoms with Gasteiger partial charge in [-0.1, -0.05) is 18.2 Å². The van der Waals surface area contributed by atoms with E-state index in [1.165, 1.54) is 6.26 Å². The smallest absolute Gasteiger partial charge is 0.309 e. The zero-order valence-electron chi connectivity index (χ0n) is 15.8. The first-order valence-electron chi connectivity index (χ1n) is 9.50. The number of aromatic nitrogens is 2. The summed E-state index contributed by atoms with van der Waals surface area (Å²) in [5, 5.41) is 8.86. The number of nitrogens with zero attached hydrogens (tertiary/aromatic N) is 4. The van der Waals surface area contributed by atoms with Gasteiger partial charge in [0.25, 0.3) is 0 Å². The molecular weight excluding hydrogens is 368 g/mol. The molecule has 0 N–H and O–H groups in total.